The van der Waals surface area contributed by atoms with E-state index in [1.165, 1.54) is 54.8 Å². The standard InChI is InChI=1S/C31H32FNO9S/c1-37-25-13-19(14-26(38-2)30(25)41-5)11-21-17-33(43(35,36)24-9-7-23(32)8-10-24)18-22(29(21)34)12-20-15-27(39-3)31(42-6)28(16-20)40-4/h7-16H,17-18H2,1-6H3. The highest BCUT2D eigenvalue weighted by molar-refractivity contribution is 7.89. The lowest BCUT2D eigenvalue weighted by molar-refractivity contribution is -0.113. The van der Waals surface area contributed by atoms with Crippen LogP contribution in [-0.4, -0.2) is 74.3 Å². The van der Waals surface area contributed by atoms with E-state index in [1.807, 2.05) is 0 Å². The second-order valence-electron chi connectivity index (χ2n) is 9.31. The van der Waals surface area contributed by atoms with Crippen LogP contribution in [0.3, 0.4) is 0 Å². The first kappa shape index (κ1) is 31.4. The van der Waals surface area contributed by atoms with Crippen LogP contribution in [0.25, 0.3) is 12.2 Å². The molecule has 10 nitrogen and oxygen atoms in total. The summed E-state index contributed by atoms with van der Waals surface area (Å²) in [5.41, 5.74) is 1.41. The maximum absolute atomic E-state index is 13.9. The fourth-order valence-corrected chi connectivity index (χ4v) is 6.10. The minimum Gasteiger partial charge on any atom is -0.493 e. The minimum atomic E-state index is -4.13. The van der Waals surface area contributed by atoms with Crippen molar-refractivity contribution < 1.29 is 46.0 Å². The smallest absolute Gasteiger partial charge is 0.243 e. The number of methoxy groups -OCH3 is 6. The molecule has 3 aromatic carbocycles. The molecule has 1 aliphatic heterocycles. The van der Waals surface area contributed by atoms with Crippen molar-refractivity contribution in [3.63, 3.8) is 0 Å². The van der Waals surface area contributed by atoms with Crippen molar-refractivity contribution >= 4 is 28.0 Å². The maximum atomic E-state index is 13.9. The van der Waals surface area contributed by atoms with Gasteiger partial charge in [-0.15, -0.1) is 0 Å². The lowest BCUT2D eigenvalue weighted by Gasteiger charge is -2.29. The molecule has 0 amide bonds. The van der Waals surface area contributed by atoms with Gasteiger partial charge in [-0.3, -0.25) is 4.79 Å². The van der Waals surface area contributed by atoms with Gasteiger partial charge in [-0.1, -0.05) is 0 Å². The van der Waals surface area contributed by atoms with Crippen molar-refractivity contribution in [2.75, 3.05) is 55.7 Å². The molecule has 1 saturated heterocycles. The molecule has 0 N–H and O–H groups in total. The molecule has 0 atom stereocenters. The van der Waals surface area contributed by atoms with Gasteiger partial charge in [0.25, 0.3) is 0 Å². The first-order valence-electron chi connectivity index (χ1n) is 12.9. The lowest BCUT2D eigenvalue weighted by atomic mass is 9.95. The number of piperidine rings is 1. The molecular formula is C31H32FNO9S. The summed E-state index contributed by atoms with van der Waals surface area (Å²) in [5, 5.41) is 0. The van der Waals surface area contributed by atoms with Crippen LogP contribution in [0.4, 0.5) is 4.39 Å². The highest BCUT2D eigenvalue weighted by atomic mass is 32.2. The Kier molecular flexibility index (Phi) is 9.62. The molecule has 3 aromatic rings. The van der Waals surface area contributed by atoms with Crippen LogP contribution >= 0.6 is 0 Å². The molecule has 1 fully saturated rings. The SMILES string of the molecule is COc1cc(C=C2CN(S(=O)(=O)c3ccc(F)cc3)CC(=Cc3cc(OC)c(OC)c(OC)c3)C2=O)cc(OC)c1OC. The van der Waals surface area contributed by atoms with Gasteiger partial charge < -0.3 is 28.4 Å². The van der Waals surface area contributed by atoms with E-state index in [-0.39, 0.29) is 34.9 Å². The van der Waals surface area contributed by atoms with E-state index >= 15 is 0 Å². The predicted octanol–water partition coefficient (Wildman–Crippen LogP) is 4.62. The fourth-order valence-electron chi connectivity index (χ4n) is 4.71. The van der Waals surface area contributed by atoms with E-state index in [0.29, 0.717) is 45.6 Å². The number of ether oxygens (including phenoxy) is 6. The summed E-state index contributed by atoms with van der Waals surface area (Å²) in [7, 11) is 4.69. The molecule has 0 bridgehead atoms. The summed E-state index contributed by atoms with van der Waals surface area (Å²) in [4.78, 5) is 13.8. The number of rotatable bonds is 10. The highest BCUT2D eigenvalue weighted by Crippen LogP contribution is 2.40. The molecule has 0 spiro atoms. The number of benzene rings is 3. The number of nitrogens with zero attached hydrogens (tertiary/aromatic N) is 1. The summed E-state index contributed by atoms with van der Waals surface area (Å²) < 4.78 is 74.7. The number of sulfonamides is 1. The second kappa shape index (κ2) is 13.2. The van der Waals surface area contributed by atoms with E-state index in [1.54, 1.807) is 36.4 Å². The summed E-state index contributed by atoms with van der Waals surface area (Å²) in [6.45, 7) is -0.469. The maximum Gasteiger partial charge on any atom is 0.243 e. The van der Waals surface area contributed by atoms with Gasteiger partial charge in [0.1, 0.15) is 5.82 Å². The Hall–Kier alpha value is -4.55. The fraction of sp³-hybridized carbons (Fsp3) is 0.258. The summed E-state index contributed by atoms with van der Waals surface area (Å²) in [6, 6.07) is 11.1. The van der Waals surface area contributed by atoms with Gasteiger partial charge in [0.2, 0.25) is 21.5 Å². The molecule has 1 aliphatic rings. The molecule has 12 heteroatoms. The van der Waals surface area contributed by atoms with Gasteiger partial charge in [0.05, 0.1) is 47.6 Å². The number of hydrogen-bond donors (Lipinski definition) is 0. The van der Waals surface area contributed by atoms with E-state index in [2.05, 4.69) is 0 Å². The van der Waals surface area contributed by atoms with E-state index in [4.69, 9.17) is 28.4 Å². The van der Waals surface area contributed by atoms with Gasteiger partial charge >= 0.3 is 0 Å². The summed E-state index contributed by atoms with van der Waals surface area (Å²) >= 11 is 0. The zero-order chi connectivity index (χ0) is 31.3. The normalized spacial score (nSPS) is 15.8. The summed E-state index contributed by atoms with van der Waals surface area (Å²) in [5.74, 6) is 1.24. The van der Waals surface area contributed by atoms with Crippen LogP contribution in [0.5, 0.6) is 34.5 Å². The molecule has 0 unspecified atom stereocenters. The molecule has 0 aliphatic carbocycles. The highest BCUT2D eigenvalue weighted by Gasteiger charge is 2.34. The average Bonchev–Trinajstić information content (AvgIpc) is 3.01. The first-order chi connectivity index (χ1) is 20.6. The Labute approximate surface area is 249 Å². The van der Waals surface area contributed by atoms with Crippen LogP contribution in [0.1, 0.15) is 11.1 Å². The minimum absolute atomic E-state index is 0.109. The van der Waals surface area contributed by atoms with Crippen LogP contribution in [0.15, 0.2) is 64.6 Å². The van der Waals surface area contributed by atoms with Gasteiger partial charge in [0.15, 0.2) is 28.8 Å². The Morgan fingerprint density at radius 1 is 0.651 bits per heavy atom. The summed E-state index contributed by atoms with van der Waals surface area (Å²) in [6.07, 6.45) is 3.14. The van der Waals surface area contributed by atoms with Crippen molar-refractivity contribution in [1.29, 1.82) is 0 Å². The number of Topliss-reactive ketones (excluding diaryl/α,β-unsaturated/α-hetero) is 1. The molecule has 0 aromatic heterocycles. The van der Waals surface area contributed by atoms with Crippen LogP contribution < -0.4 is 28.4 Å². The Morgan fingerprint density at radius 2 is 1.02 bits per heavy atom. The monoisotopic (exact) mass is 613 g/mol. The number of carbonyl (C=O) groups is 1. The lowest BCUT2D eigenvalue weighted by Crippen LogP contribution is -2.41. The molecule has 228 valence electrons. The molecular weight excluding hydrogens is 581 g/mol. The van der Waals surface area contributed by atoms with E-state index in [0.717, 1.165) is 16.4 Å². The third-order valence-corrected chi connectivity index (χ3v) is 8.59. The quantitative estimate of drug-likeness (QED) is 0.303. The molecule has 0 radical (unpaired) electrons. The molecule has 0 saturated carbocycles. The van der Waals surface area contributed by atoms with Crippen molar-refractivity contribution in [3.05, 3.63) is 76.6 Å². The van der Waals surface area contributed by atoms with Gasteiger partial charge in [0, 0.05) is 24.2 Å². The second-order valence-corrected chi connectivity index (χ2v) is 11.3. The van der Waals surface area contributed by atoms with E-state index in [9.17, 15) is 17.6 Å². The van der Waals surface area contributed by atoms with Crippen molar-refractivity contribution in [3.8, 4) is 34.5 Å². The average molecular weight is 614 g/mol. The number of ketones is 1. The number of halogens is 1. The Balaban J connectivity index is 1.88. The molecule has 43 heavy (non-hydrogen) atoms. The van der Waals surface area contributed by atoms with Gasteiger partial charge in [-0.2, -0.15) is 4.31 Å². The van der Waals surface area contributed by atoms with Crippen LogP contribution in [-0.2, 0) is 14.8 Å². The van der Waals surface area contributed by atoms with Crippen molar-refractivity contribution in [2.24, 2.45) is 0 Å². The van der Waals surface area contributed by atoms with Gasteiger partial charge in [-0.05, 0) is 71.8 Å². The molecule has 1 heterocycles. The Bertz CT molecular complexity index is 1550. The molecule has 4 rings (SSSR count). The Morgan fingerprint density at radius 3 is 1.35 bits per heavy atom. The largest absolute Gasteiger partial charge is 0.493 e. The van der Waals surface area contributed by atoms with Crippen LogP contribution in [0.2, 0.25) is 0 Å². The number of carbonyl (C=O) groups excluding carboxylic acids is 1. The zero-order valence-corrected chi connectivity index (χ0v) is 25.4. The van der Waals surface area contributed by atoms with Gasteiger partial charge in [-0.25, -0.2) is 12.8 Å². The topological polar surface area (TPSA) is 110 Å². The third-order valence-electron chi connectivity index (χ3n) is 6.78. The first-order valence-corrected chi connectivity index (χ1v) is 14.4. The van der Waals surface area contributed by atoms with Crippen molar-refractivity contribution in [2.45, 2.75) is 4.90 Å². The van der Waals surface area contributed by atoms with E-state index < -0.39 is 15.8 Å². The van der Waals surface area contributed by atoms with Crippen LogP contribution in [0, 0.1) is 5.82 Å². The third kappa shape index (κ3) is 6.45. The number of hydrogen-bond acceptors (Lipinski definition) is 9. The van der Waals surface area contributed by atoms with Crippen molar-refractivity contribution in [1.82, 2.24) is 4.31 Å². The predicted molar refractivity (Wildman–Crippen MR) is 158 cm³/mol. The zero-order valence-electron chi connectivity index (χ0n) is 24.6.